The smallest absolute Gasteiger partial charge is 0.376 e. The molecular weight excluding hydrogens is 297 g/mol. The fraction of sp³-hybridized carbons (Fsp3) is 1.00. The molecule has 0 spiro atoms. The van der Waals surface area contributed by atoms with Crippen molar-refractivity contribution >= 4 is 15.1 Å². The summed E-state index contributed by atoms with van der Waals surface area (Å²) in [5.41, 5.74) is 0. The summed E-state index contributed by atoms with van der Waals surface area (Å²) < 4.78 is 11.1. The summed E-state index contributed by atoms with van der Waals surface area (Å²) in [7, 11) is -1.53. The van der Waals surface area contributed by atoms with Gasteiger partial charge in [0.05, 0.1) is 12.7 Å². The van der Waals surface area contributed by atoms with Crippen molar-refractivity contribution in [2.75, 3.05) is 33.1 Å². The van der Waals surface area contributed by atoms with Crippen LogP contribution in [0.5, 0.6) is 0 Å². The number of rotatable bonds is 9. The molecule has 22 heavy (non-hydrogen) atoms. The average molecular weight is 331 g/mol. The van der Waals surface area contributed by atoms with Crippen LogP contribution in [0.25, 0.3) is 0 Å². The molecule has 0 bridgehead atoms. The summed E-state index contributed by atoms with van der Waals surface area (Å²) in [6, 6.07) is 1.14. The Morgan fingerprint density at radius 1 is 1.18 bits per heavy atom. The van der Waals surface area contributed by atoms with E-state index < -0.39 is 15.1 Å². The number of ether oxygens (including phenoxy) is 2. The van der Waals surface area contributed by atoms with Gasteiger partial charge in [-0.2, -0.15) is 0 Å². The van der Waals surface area contributed by atoms with E-state index in [1.165, 1.54) is 0 Å². The predicted octanol–water partition coefficient (Wildman–Crippen LogP) is 1.74. The summed E-state index contributed by atoms with van der Waals surface area (Å²) in [5.74, 6) is 0.235. The third-order valence-corrected chi connectivity index (χ3v) is 6.16. The van der Waals surface area contributed by atoms with Gasteiger partial charge in [-0.05, 0) is 38.3 Å². The first-order valence-electron chi connectivity index (χ1n) is 8.50. The zero-order chi connectivity index (χ0) is 16.8. The Kier molecular flexibility index (Phi) is 8.60. The Morgan fingerprint density at radius 3 is 2.36 bits per heavy atom. The molecule has 3 atom stereocenters. The highest BCUT2D eigenvalue weighted by molar-refractivity contribution is 6.76. The second-order valence-electron chi connectivity index (χ2n) is 7.71. The Hall–Kier alpha value is 0.0818. The van der Waals surface area contributed by atoms with E-state index in [1.807, 2.05) is 4.81 Å². The molecule has 1 heterocycles. The first-order valence-corrected chi connectivity index (χ1v) is 12.2. The molecule has 5 nitrogen and oxygen atoms in total. The van der Waals surface area contributed by atoms with Gasteiger partial charge in [-0.1, -0.05) is 26.6 Å². The molecule has 130 valence electrons. The van der Waals surface area contributed by atoms with Crippen LogP contribution >= 0.6 is 0 Å². The van der Waals surface area contributed by atoms with Crippen molar-refractivity contribution in [3.05, 3.63) is 0 Å². The topological polar surface area (TPSA) is 62.2 Å². The molecule has 1 aliphatic heterocycles. The van der Waals surface area contributed by atoms with Crippen LogP contribution in [0.4, 0.5) is 0 Å². The number of hydrogen-bond donors (Lipinski definition) is 2. The van der Waals surface area contributed by atoms with E-state index in [0.717, 1.165) is 25.6 Å². The van der Waals surface area contributed by atoms with Gasteiger partial charge in [0.2, 0.25) is 0 Å². The first-order chi connectivity index (χ1) is 10.2. The quantitative estimate of drug-likeness (QED) is 0.383. The van der Waals surface area contributed by atoms with Gasteiger partial charge >= 0.3 is 7.05 Å². The van der Waals surface area contributed by atoms with Gasteiger partial charge in [-0.25, -0.2) is 0 Å². The van der Waals surface area contributed by atoms with Crippen molar-refractivity contribution in [3.8, 4) is 0 Å². The molecule has 3 unspecified atom stereocenters. The van der Waals surface area contributed by atoms with E-state index in [1.54, 1.807) is 6.82 Å². The largest absolute Gasteiger partial charge is 0.437 e. The standard InChI is InChI=1S/C15H34BNO4Si/c1-6-13-9-17(16(2)19)10-14(15(13)18)11-21-12-20-7-8-22(3,4)5/h13-15,18-19H,6-12H2,1-5H3. The van der Waals surface area contributed by atoms with E-state index in [0.29, 0.717) is 19.9 Å². The fourth-order valence-electron chi connectivity index (χ4n) is 2.80. The van der Waals surface area contributed by atoms with Crippen molar-refractivity contribution in [1.29, 1.82) is 0 Å². The highest BCUT2D eigenvalue weighted by Crippen LogP contribution is 2.25. The van der Waals surface area contributed by atoms with Crippen molar-refractivity contribution in [2.45, 2.75) is 52.0 Å². The lowest BCUT2D eigenvalue weighted by molar-refractivity contribution is -0.0946. The van der Waals surface area contributed by atoms with Crippen LogP contribution in [-0.4, -0.2) is 69.3 Å². The monoisotopic (exact) mass is 331 g/mol. The minimum atomic E-state index is -1.05. The molecule has 1 rings (SSSR count). The Balaban J connectivity index is 2.30. The number of piperidine rings is 1. The molecule has 0 amide bonds. The minimum absolute atomic E-state index is 0.0360. The number of aliphatic hydroxyl groups excluding tert-OH is 1. The predicted molar refractivity (Wildman–Crippen MR) is 93.6 cm³/mol. The first kappa shape index (κ1) is 20.1. The molecule has 0 aromatic heterocycles. The molecule has 1 fully saturated rings. The molecule has 2 N–H and O–H groups in total. The van der Waals surface area contributed by atoms with Gasteiger partial charge in [0.25, 0.3) is 0 Å². The van der Waals surface area contributed by atoms with E-state index in [-0.39, 0.29) is 17.9 Å². The molecule has 0 aliphatic carbocycles. The normalized spacial score (nSPS) is 27.1. The van der Waals surface area contributed by atoms with E-state index >= 15 is 0 Å². The molecule has 1 aliphatic rings. The molecular formula is C15H34BNO4Si. The maximum Gasteiger partial charge on any atom is 0.376 e. The van der Waals surface area contributed by atoms with E-state index in [4.69, 9.17) is 9.47 Å². The van der Waals surface area contributed by atoms with Crippen LogP contribution < -0.4 is 0 Å². The second kappa shape index (κ2) is 9.40. The molecule has 7 heteroatoms. The van der Waals surface area contributed by atoms with Crippen molar-refractivity contribution in [1.82, 2.24) is 4.81 Å². The van der Waals surface area contributed by atoms with Gasteiger partial charge in [0.15, 0.2) is 0 Å². The van der Waals surface area contributed by atoms with E-state index in [2.05, 4.69) is 26.6 Å². The molecule has 1 saturated heterocycles. The SMILES string of the molecule is CCC1CN(B(C)O)CC(COCOCC[Si](C)(C)C)C1O. The van der Waals surface area contributed by atoms with Crippen molar-refractivity contribution in [3.63, 3.8) is 0 Å². The molecule has 0 saturated carbocycles. The number of hydrogen-bond acceptors (Lipinski definition) is 5. The zero-order valence-electron chi connectivity index (χ0n) is 14.9. The van der Waals surface area contributed by atoms with Crippen LogP contribution in [0.2, 0.25) is 32.5 Å². The Bertz CT molecular complexity index is 314. The highest BCUT2D eigenvalue weighted by Gasteiger charge is 2.37. The van der Waals surface area contributed by atoms with Crippen LogP contribution in [0.3, 0.4) is 0 Å². The van der Waals surface area contributed by atoms with Crippen LogP contribution in [0.1, 0.15) is 13.3 Å². The van der Waals surface area contributed by atoms with Crippen molar-refractivity contribution in [2.24, 2.45) is 11.8 Å². The average Bonchev–Trinajstić information content (AvgIpc) is 2.42. The lowest BCUT2D eigenvalue weighted by Crippen LogP contribution is -2.54. The van der Waals surface area contributed by atoms with E-state index in [9.17, 15) is 10.1 Å². The van der Waals surface area contributed by atoms with Crippen LogP contribution in [0, 0.1) is 11.8 Å². The minimum Gasteiger partial charge on any atom is -0.437 e. The Morgan fingerprint density at radius 2 is 1.82 bits per heavy atom. The van der Waals surface area contributed by atoms with Crippen LogP contribution in [0.15, 0.2) is 0 Å². The lowest BCUT2D eigenvalue weighted by Gasteiger charge is -2.41. The van der Waals surface area contributed by atoms with Gasteiger partial charge in [-0.3, -0.25) is 0 Å². The summed E-state index contributed by atoms with van der Waals surface area (Å²) in [6.45, 7) is 13.8. The van der Waals surface area contributed by atoms with Crippen LogP contribution in [-0.2, 0) is 9.47 Å². The summed E-state index contributed by atoms with van der Waals surface area (Å²) in [6.07, 6.45) is 0.551. The Labute approximate surface area is 137 Å². The van der Waals surface area contributed by atoms with Gasteiger partial charge in [0, 0.05) is 20.6 Å². The molecule has 0 aromatic rings. The zero-order valence-corrected chi connectivity index (χ0v) is 15.9. The summed E-state index contributed by atoms with van der Waals surface area (Å²) in [4.78, 5) is 2.01. The second-order valence-corrected chi connectivity index (χ2v) is 13.3. The summed E-state index contributed by atoms with van der Waals surface area (Å²) in [5, 5.41) is 20.2. The summed E-state index contributed by atoms with van der Waals surface area (Å²) >= 11 is 0. The maximum absolute atomic E-state index is 10.4. The van der Waals surface area contributed by atoms with Gasteiger partial charge < -0.3 is 24.4 Å². The van der Waals surface area contributed by atoms with Crippen molar-refractivity contribution < 1.29 is 19.6 Å². The number of aliphatic hydroxyl groups is 1. The molecule has 0 radical (unpaired) electrons. The highest BCUT2D eigenvalue weighted by atomic mass is 28.3. The van der Waals surface area contributed by atoms with Gasteiger partial charge in [0.1, 0.15) is 6.79 Å². The fourth-order valence-corrected chi connectivity index (χ4v) is 3.56. The third-order valence-electron chi connectivity index (χ3n) is 4.45. The van der Waals surface area contributed by atoms with Gasteiger partial charge in [-0.15, -0.1) is 0 Å². The third kappa shape index (κ3) is 7.10. The number of nitrogens with zero attached hydrogens (tertiary/aromatic N) is 1. The maximum atomic E-state index is 10.4. The lowest BCUT2D eigenvalue weighted by atomic mass is 9.76. The molecule has 0 aromatic carbocycles.